The molecule has 0 aliphatic rings. The minimum atomic E-state index is -0.671. The number of amides is 1. The van der Waals surface area contributed by atoms with Crippen LogP contribution in [0.4, 0.5) is 17.5 Å². The molecule has 0 aliphatic carbocycles. The fraction of sp³-hybridized carbons (Fsp3) is 0.250. The second kappa shape index (κ2) is 7.17. The SMILES string of the molecule is B#CNc1nc(Nc2ccc(C(C)(C)CO)cc2)ncc1C(N)=O. The molecular weight excluding hydrogens is 305 g/mol. The van der Waals surface area contributed by atoms with Crippen LogP contribution in [0.5, 0.6) is 0 Å². The molecule has 122 valence electrons. The van der Waals surface area contributed by atoms with Gasteiger partial charge in [-0.05, 0) is 0 Å². The molecule has 1 amide bonds. The number of nitrogens with one attached hydrogen (secondary N) is 2. The quantitative estimate of drug-likeness (QED) is 0.467. The van der Waals surface area contributed by atoms with Gasteiger partial charge in [0.15, 0.2) is 0 Å². The van der Waals surface area contributed by atoms with E-state index >= 15 is 0 Å². The molecular formula is C16H18BN5O2. The number of benzene rings is 1. The van der Waals surface area contributed by atoms with Gasteiger partial charge >= 0.3 is 135 Å². The first-order valence-electron chi connectivity index (χ1n) is 7.24. The molecule has 8 heteroatoms. The number of carbonyl (C=O) groups is 1. The van der Waals surface area contributed by atoms with Crippen molar-refractivity contribution in [2.24, 2.45) is 5.73 Å². The molecule has 0 unspecified atom stereocenters. The summed E-state index contributed by atoms with van der Waals surface area (Å²) in [5, 5.41) is 15.0. The number of aromatic nitrogens is 2. The molecule has 5 N–H and O–H groups in total. The van der Waals surface area contributed by atoms with Gasteiger partial charge in [0.1, 0.15) is 0 Å². The Hall–Kier alpha value is -2.83. The summed E-state index contributed by atoms with van der Waals surface area (Å²) in [7, 11) is 5.19. The molecule has 0 atom stereocenters. The molecule has 0 radical (unpaired) electrons. The topological polar surface area (TPSA) is 113 Å². The fourth-order valence-electron chi connectivity index (χ4n) is 2.01. The number of hydrogen-bond acceptors (Lipinski definition) is 6. The van der Waals surface area contributed by atoms with Crippen LogP contribution in [-0.2, 0) is 5.41 Å². The van der Waals surface area contributed by atoms with E-state index in [4.69, 9.17) is 13.1 Å². The molecule has 7 nitrogen and oxygen atoms in total. The fourth-order valence-corrected chi connectivity index (χ4v) is 2.01. The van der Waals surface area contributed by atoms with Crippen LogP contribution in [0.1, 0.15) is 29.8 Å². The summed E-state index contributed by atoms with van der Waals surface area (Å²) in [5.74, 6) is 1.97. The van der Waals surface area contributed by atoms with Crippen molar-refractivity contribution >= 4 is 30.7 Å². The van der Waals surface area contributed by atoms with Crippen molar-refractivity contribution in [3.8, 4) is 5.93 Å². The third-order valence-corrected chi connectivity index (χ3v) is 3.56. The second-order valence-corrected chi connectivity index (χ2v) is 5.83. The van der Waals surface area contributed by atoms with Crippen LogP contribution >= 0.6 is 0 Å². The van der Waals surface area contributed by atoms with Crippen LogP contribution in [-0.4, -0.2) is 34.9 Å². The average Bonchev–Trinajstić information content (AvgIpc) is 2.55. The molecule has 1 aromatic heterocycles. The Morgan fingerprint density at radius 2 is 2.04 bits per heavy atom. The molecule has 2 aromatic rings. The summed E-state index contributed by atoms with van der Waals surface area (Å²) in [5.41, 5.74) is 6.81. The number of carbonyl (C=O) groups excluding carboxylic acids is 1. The van der Waals surface area contributed by atoms with Gasteiger partial charge in [-0.2, -0.15) is 0 Å². The summed E-state index contributed by atoms with van der Waals surface area (Å²) in [6, 6.07) is 7.53. The Kier molecular flexibility index (Phi) is 5.23. The van der Waals surface area contributed by atoms with Crippen molar-refractivity contribution in [1.29, 1.82) is 0 Å². The van der Waals surface area contributed by atoms with E-state index in [9.17, 15) is 9.90 Å². The van der Waals surface area contributed by atoms with E-state index in [-0.39, 0.29) is 29.4 Å². The predicted octanol–water partition coefficient (Wildman–Crippen LogP) is 1.09. The van der Waals surface area contributed by atoms with Gasteiger partial charge in [-0.1, -0.05) is 0 Å². The number of rotatable bonds is 6. The van der Waals surface area contributed by atoms with E-state index in [1.807, 2.05) is 38.1 Å². The zero-order chi connectivity index (χ0) is 17.7. The monoisotopic (exact) mass is 323 g/mol. The standard InChI is InChI=1S/C16H18BN5O2/c1-16(2,8-23)10-3-5-11(6-4-10)21-15-19-7-12(13(18)24)14(22-15)20-9-17/h3-7,23H,8H2,1-2H3,(H2,18,24)(H2,19,20,21,22). The van der Waals surface area contributed by atoms with Crippen molar-refractivity contribution in [2.75, 3.05) is 17.2 Å². The first-order chi connectivity index (χ1) is 11.4. The molecule has 0 bridgehead atoms. The van der Waals surface area contributed by atoms with Crippen LogP contribution in [0.2, 0.25) is 0 Å². The van der Waals surface area contributed by atoms with Crippen molar-refractivity contribution in [2.45, 2.75) is 19.3 Å². The van der Waals surface area contributed by atoms with Crippen molar-refractivity contribution in [3.63, 3.8) is 0 Å². The van der Waals surface area contributed by atoms with Crippen molar-refractivity contribution in [3.05, 3.63) is 41.6 Å². The summed E-state index contributed by atoms with van der Waals surface area (Å²) in [4.78, 5) is 19.5. The van der Waals surface area contributed by atoms with Gasteiger partial charge < -0.3 is 5.11 Å². The van der Waals surface area contributed by atoms with E-state index < -0.39 is 5.91 Å². The summed E-state index contributed by atoms with van der Waals surface area (Å²) in [6.07, 6.45) is 1.31. The molecule has 0 saturated carbocycles. The Labute approximate surface area is 141 Å². The van der Waals surface area contributed by atoms with E-state index in [1.165, 1.54) is 6.20 Å². The van der Waals surface area contributed by atoms with Crippen molar-refractivity contribution in [1.82, 2.24) is 9.97 Å². The number of anilines is 3. The number of hydrogen-bond donors (Lipinski definition) is 4. The van der Waals surface area contributed by atoms with E-state index in [2.05, 4.69) is 26.5 Å². The van der Waals surface area contributed by atoms with Gasteiger partial charge in [0.05, 0.1) is 0 Å². The molecule has 1 heterocycles. The normalized spacial score (nSPS) is 10.9. The third-order valence-electron chi connectivity index (χ3n) is 3.56. The number of primary amides is 1. The van der Waals surface area contributed by atoms with Crippen LogP contribution in [0.15, 0.2) is 30.5 Å². The second-order valence-electron chi connectivity index (χ2n) is 5.83. The molecule has 2 rings (SSSR count). The zero-order valence-electron chi connectivity index (χ0n) is 13.5. The Morgan fingerprint density at radius 1 is 1.38 bits per heavy atom. The Bertz CT molecular complexity index is 784. The van der Waals surface area contributed by atoms with Crippen molar-refractivity contribution < 1.29 is 9.90 Å². The number of nitrogens with two attached hydrogens (primary N) is 1. The van der Waals surface area contributed by atoms with E-state index in [0.29, 0.717) is 0 Å². The van der Waals surface area contributed by atoms with Gasteiger partial charge in [-0.15, -0.1) is 0 Å². The summed E-state index contributed by atoms with van der Waals surface area (Å²) < 4.78 is 0. The Balaban J connectivity index is 2.24. The van der Waals surface area contributed by atoms with Gasteiger partial charge in [0.2, 0.25) is 0 Å². The first-order valence-corrected chi connectivity index (χ1v) is 7.24. The predicted molar refractivity (Wildman–Crippen MR) is 93.7 cm³/mol. The summed E-state index contributed by atoms with van der Waals surface area (Å²) in [6.45, 7) is 3.97. The Morgan fingerprint density at radius 3 is 2.58 bits per heavy atom. The number of aliphatic hydroxyl groups excluding tert-OH is 1. The minimum absolute atomic E-state index is 0.0542. The molecule has 0 saturated heterocycles. The third kappa shape index (κ3) is 3.92. The van der Waals surface area contributed by atoms with Crippen LogP contribution in [0, 0.1) is 5.93 Å². The maximum absolute atomic E-state index is 11.3. The van der Waals surface area contributed by atoms with Gasteiger partial charge in [0, 0.05) is 0 Å². The van der Waals surface area contributed by atoms with Gasteiger partial charge in [-0.3, -0.25) is 0 Å². The number of nitrogens with zero attached hydrogens (tertiary/aromatic N) is 2. The zero-order valence-corrected chi connectivity index (χ0v) is 13.5. The summed E-state index contributed by atoms with van der Waals surface area (Å²) >= 11 is 0. The maximum atomic E-state index is 11.3. The first kappa shape index (κ1) is 17.5. The van der Waals surface area contributed by atoms with Gasteiger partial charge in [0.25, 0.3) is 0 Å². The molecule has 1 aromatic carbocycles. The van der Waals surface area contributed by atoms with Crippen LogP contribution < -0.4 is 16.4 Å². The van der Waals surface area contributed by atoms with Crippen LogP contribution in [0.25, 0.3) is 0 Å². The molecule has 0 spiro atoms. The molecule has 0 fully saturated rings. The average molecular weight is 323 g/mol. The number of aliphatic hydroxyl groups is 1. The molecule has 0 aliphatic heterocycles. The molecule has 24 heavy (non-hydrogen) atoms. The van der Waals surface area contributed by atoms with E-state index in [1.54, 1.807) is 0 Å². The van der Waals surface area contributed by atoms with E-state index in [0.717, 1.165) is 11.3 Å². The van der Waals surface area contributed by atoms with Gasteiger partial charge in [-0.25, -0.2) is 0 Å². The van der Waals surface area contributed by atoms with Crippen LogP contribution in [0.3, 0.4) is 0 Å².